The van der Waals surface area contributed by atoms with Crippen LogP contribution in [0, 0.1) is 16.0 Å². The van der Waals surface area contributed by atoms with Gasteiger partial charge in [0.15, 0.2) is 0 Å². The number of hydrogen-bond donors (Lipinski definition) is 1. The summed E-state index contributed by atoms with van der Waals surface area (Å²) in [5.74, 6) is 1.09. The highest BCUT2D eigenvalue weighted by atomic mass is 16.6. The van der Waals surface area contributed by atoms with Gasteiger partial charge in [0.2, 0.25) is 0 Å². The summed E-state index contributed by atoms with van der Waals surface area (Å²) in [7, 11) is 1.63. The van der Waals surface area contributed by atoms with E-state index in [9.17, 15) is 10.1 Å². The van der Waals surface area contributed by atoms with Crippen LogP contribution in [0.25, 0.3) is 0 Å². The lowest BCUT2D eigenvalue weighted by atomic mass is 10.1. The third-order valence-corrected chi connectivity index (χ3v) is 2.63. The van der Waals surface area contributed by atoms with Gasteiger partial charge in [-0.2, -0.15) is 0 Å². The van der Waals surface area contributed by atoms with E-state index in [0.29, 0.717) is 38.0 Å². The summed E-state index contributed by atoms with van der Waals surface area (Å²) < 4.78 is 10.6. The Balaban J connectivity index is 2.77. The minimum Gasteiger partial charge on any atom is -0.493 e. The van der Waals surface area contributed by atoms with E-state index in [2.05, 4.69) is 19.2 Å². The molecule has 0 bridgehead atoms. The summed E-state index contributed by atoms with van der Waals surface area (Å²) in [4.78, 5) is 10.4. The van der Waals surface area contributed by atoms with E-state index in [0.717, 1.165) is 5.56 Å². The quantitative estimate of drug-likeness (QED) is 0.427. The number of methoxy groups -OCH3 is 1. The first-order valence-electron chi connectivity index (χ1n) is 6.64. The van der Waals surface area contributed by atoms with Crippen molar-refractivity contribution in [3.63, 3.8) is 0 Å². The standard InChI is InChI=1S/C14H22N2O4/c1-11(2)10-20-14-5-4-13(16(17)18)8-12(14)9-15-6-7-19-3/h4-5,8,11,15H,6-7,9-10H2,1-3H3. The highest BCUT2D eigenvalue weighted by Gasteiger charge is 2.12. The van der Waals surface area contributed by atoms with Crippen LogP contribution in [0.4, 0.5) is 5.69 Å². The first-order valence-corrected chi connectivity index (χ1v) is 6.64. The van der Waals surface area contributed by atoms with Gasteiger partial charge in [0.05, 0.1) is 18.1 Å². The normalized spacial score (nSPS) is 10.8. The number of benzene rings is 1. The molecule has 0 heterocycles. The summed E-state index contributed by atoms with van der Waals surface area (Å²) in [6.45, 7) is 6.49. The largest absolute Gasteiger partial charge is 0.493 e. The van der Waals surface area contributed by atoms with Crippen LogP contribution >= 0.6 is 0 Å². The minimum atomic E-state index is -0.398. The zero-order chi connectivity index (χ0) is 15.0. The highest BCUT2D eigenvalue weighted by Crippen LogP contribution is 2.24. The second-order valence-corrected chi connectivity index (χ2v) is 4.92. The monoisotopic (exact) mass is 282 g/mol. The summed E-state index contributed by atoms with van der Waals surface area (Å²) in [6.07, 6.45) is 0. The van der Waals surface area contributed by atoms with E-state index >= 15 is 0 Å². The molecule has 0 aliphatic rings. The van der Waals surface area contributed by atoms with Crippen LogP contribution < -0.4 is 10.1 Å². The highest BCUT2D eigenvalue weighted by molar-refractivity contribution is 5.43. The van der Waals surface area contributed by atoms with Crippen molar-refractivity contribution in [2.24, 2.45) is 5.92 Å². The molecule has 0 unspecified atom stereocenters. The predicted octanol–water partition coefficient (Wildman–Crippen LogP) is 2.37. The van der Waals surface area contributed by atoms with Crippen LogP contribution in [-0.2, 0) is 11.3 Å². The van der Waals surface area contributed by atoms with Crippen LogP contribution in [0.3, 0.4) is 0 Å². The third kappa shape index (κ3) is 5.54. The molecule has 112 valence electrons. The van der Waals surface area contributed by atoms with E-state index in [1.807, 2.05) is 0 Å². The summed E-state index contributed by atoms with van der Waals surface area (Å²) >= 11 is 0. The van der Waals surface area contributed by atoms with Crippen molar-refractivity contribution in [2.45, 2.75) is 20.4 Å². The first kappa shape index (κ1) is 16.4. The molecule has 6 heteroatoms. The number of nitrogens with one attached hydrogen (secondary N) is 1. The molecule has 0 atom stereocenters. The zero-order valence-electron chi connectivity index (χ0n) is 12.2. The fourth-order valence-corrected chi connectivity index (χ4v) is 1.61. The number of rotatable bonds is 9. The minimum absolute atomic E-state index is 0.0745. The summed E-state index contributed by atoms with van der Waals surface area (Å²) in [6, 6.07) is 4.68. The van der Waals surface area contributed by atoms with Gasteiger partial charge in [-0.25, -0.2) is 0 Å². The predicted molar refractivity (Wildman–Crippen MR) is 77.0 cm³/mol. The number of nitro benzene ring substituents is 1. The Bertz CT molecular complexity index is 435. The lowest BCUT2D eigenvalue weighted by Crippen LogP contribution is -2.19. The molecule has 20 heavy (non-hydrogen) atoms. The lowest BCUT2D eigenvalue weighted by Gasteiger charge is -2.13. The van der Waals surface area contributed by atoms with E-state index in [1.54, 1.807) is 19.2 Å². The Morgan fingerprint density at radius 2 is 2.15 bits per heavy atom. The molecule has 0 fully saturated rings. The Kier molecular flexibility index (Phi) is 6.97. The molecule has 0 aliphatic heterocycles. The number of nitrogens with zero attached hydrogens (tertiary/aromatic N) is 1. The molecule has 0 spiro atoms. The van der Waals surface area contributed by atoms with Crippen molar-refractivity contribution >= 4 is 5.69 Å². The maximum absolute atomic E-state index is 10.8. The Hall–Kier alpha value is -1.66. The Labute approximate surface area is 119 Å². The van der Waals surface area contributed by atoms with Crippen molar-refractivity contribution in [1.29, 1.82) is 0 Å². The van der Waals surface area contributed by atoms with Crippen LogP contribution in [0.2, 0.25) is 0 Å². The molecular weight excluding hydrogens is 260 g/mol. The molecule has 0 radical (unpaired) electrons. The fraction of sp³-hybridized carbons (Fsp3) is 0.571. The molecule has 0 saturated heterocycles. The molecule has 1 N–H and O–H groups in total. The average molecular weight is 282 g/mol. The second kappa shape index (κ2) is 8.50. The van der Waals surface area contributed by atoms with Crippen LogP contribution in [0.5, 0.6) is 5.75 Å². The first-order chi connectivity index (χ1) is 9.54. The molecule has 0 saturated carbocycles. The maximum atomic E-state index is 10.8. The molecule has 0 aromatic heterocycles. The van der Waals surface area contributed by atoms with Gasteiger partial charge in [-0.15, -0.1) is 0 Å². The van der Waals surface area contributed by atoms with Gasteiger partial charge in [0.25, 0.3) is 5.69 Å². The molecule has 1 aromatic carbocycles. The van der Waals surface area contributed by atoms with Crippen molar-refractivity contribution in [3.8, 4) is 5.75 Å². The van der Waals surface area contributed by atoms with Crippen LogP contribution in [0.1, 0.15) is 19.4 Å². The van der Waals surface area contributed by atoms with Crippen molar-refractivity contribution in [1.82, 2.24) is 5.32 Å². The van der Waals surface area contributed by atoms with Gasteiger partial charge in [0.1, 0.15) is 5.75 Å². The van der Waals surface area contributed by atoms with E-state index < -0.39 is 4.92 Å². The number of hydrogen-bond acceptors (Lipinski definition) is 5. The Morgan fingerprint density at radius 1 is 1.40 bits per heavy atom. The van der Waals surface area contributed by atoms with Crippen molar-refractivity contribution in [3.05, 3.63) is 33.9 Å². The molecule has 1 aromatic rings. The third-order valence-electron chi connectivity index (χ3n) is 2.63. The van der Waals surface area contributed by atoms with Crippen molar-refractivity contribution < 1.29 is 14.4 Å². The maximum Gasteiger partial charge on any atom is 0.270 e. The smallest absolute Gasteiger partial charge is 0.270 e. The van der Waals surface area contributed by atoms with Gasteiger partial charge in [-0.3, -0.25) is 10.1 Å². The van der Waals surface area contributed by atoms with Gasteiger partial charge in [0, 0.05) is 37.9 Å². The zero-order valence-corrected chi connectivity index (χ0v) is 12.2. The molecule has 1 rings (SSSR count). The van der Waals surface area contributed by atoms with Crippen molar-refractivity contribution in [2.75, 3.05) is 26.9 Å². The van der Waals surface area contributed by atoms with E-state index in [1.165, 1.54) is 6.07 Å². The van der Waals surface area contributed by atoms with E-state index in [4.69, 9.17) is 9.47 Å². The SMILES string of the molecule is COCCNCc1cc([N+](=O)[O-])ccc1OCC(C)C. The Morgan fingerprint density at radius 3 is 2.75 bits per heavy atom. The lowest BCUT2D eigenvalue weighted by molar-refractivity contribution is -0.384. The number of nitro groups is 1. The van der Waals surface area contributed by atoms with Gasteiger partial charge >= 0.3 is 0 Å². The second-order valence-electron chi connectivity index (χ2n) is 4.92. The van der Waals surface area contributed by atoms with Crippen LogP contribution in [0.15, 0.2) is 18.2 Å². The molecule has 6 nitrogen and oxygen atoms in total. The van der Waals surface area contributed by atoms with Gasteiger partial charge < -0.3 is 14.8 Å². The summed E-state index contributed by atoms with van der Waals surface area (Å²) in [5, 5.41) is 14.0. The molecular formula is C14H22N2O4. The molecule has 0 amide bonds. The van der Waals surface area contributed by atoms with Gasteiger partial charge in [-0.1, -0.05) is 13.8 Å². The van der Waals surface area contributed by atoms with Gasteiger partial charge in [-0.05, 0) is 12.0 Å². The average Bonchev–Trinajstić information content (AvgIpc) is 2.41. The molecule has 0 aliphatic carbocycles. The number of non-ortho nitro benzene ring substituents is 1. The topological polar surface area (TPSA) is 73.6 Å². The van der Waals surface area contributed by atoms with E-state index in [-0.39, 0.29) is 5.69 Å². The van der Waals surface area contributed by atoms with Crippen LogP contribution in [-0.4, -0.2) is 31.8 Å². The summed E-state index contributed by atoms with van der Waals surface area (Å²) in [5.41, 5.74) is 0.862. The fourth-order valence-electron chi connectivity index (χ4n) is 1.61. The number of ether oxygens (including phenoxy) is 2.